The van der Waals surface area contributed by atoms with E-state index >= 15 is 0 Å². The van der Waals surface area contributed by atoms with Crippen molar-refractivity contribution in [3.05, 3.63) is 53.6 Å². The number of carbonyl (C=O) groups excluding carboxylic acids is 3. The normalized spacial score (nSPS) is 33.0. The fourth-order valence-electron chi connectivity index (χ4n) is 6.85. The van der Waals surface area contributed by atoms with Crippen molar-refractivity contribution in [1.29, 1.82) is 0 Å². The van der Waals surface area contributed by atoms with Crippen LogP contribution in [0.3, 0.4) is 0 Å². The Morgan fingerprint density at radius 1 is 1.03 bits per heavy atom. The Hall–Kier alpha value is -2.58. The van der Waals surface area contributed by atoms with Gasteiger partial charge in [0.25, 0.3) is 5.91 Å². The maximum Gasteiger partial charge on any atom is 0.311 e. The average molecular weight is 553 g/mol. The molecule has 4 aliphatic heterocycles. The van der Waals surface area contributed by atoms with Gasteiger partial charge in [-0.3, -0.25) is 14.4 Å². The lowest BCUT2D eigenvalue weighted by Crippen LogP contribution is -2.53. The second kappa shape index (κ2) is 11.1. The number of thioether (sulfide) groups is 1. The van der Waals surface area contributed by atoms with Gasteiger partial charge in [-0.05, 0) is 63.6 Å². The van der Waals surface area contributed by atoms with Crippen LogP contribution in [0.2, 0.25) is 0 Å². The number of aryl methyl sites for hydroxylation is 2. The first kappa shape index (κ1) is 28.0. The molecular formula is C31H40N2O5S. The van der Waals surface area contributed by atoms with E-state index in [9.17, 15) is 19.5 Å². The highest BCUT2D eigenvalue weighted by Crippen LogP contribution is 2.65. The molecule has 39 heavy (non-hydrogen) atoms. The second-order valence-corrected chi connectivity index (χ2v) is 13.3. The van der Waals surface area contributed by atoms with Crippen molar-refractivity contribution in [3.8, 4) is 0 Å². The number of anilines is 1. The predicted molar refractivity (Wildman–Crippen MR) is 154 cm³/mol. The summed E-state index contributed by atoms with van der Waals surface area (Å²) >= 11 is 1.59. The number of esters is 1. The Bertz CT molecular complexity index is 1200. The molecule has 0 saturated carbocycles. The van der Waals surface area contributed by atoms with Crippen LogP contribution >= 0.6 is 11.8 Å². The highest BCUT2D eigenvalue weighted by molar-refractivity contribution is 8.02. The Morgan fingerprint density at radius 2 is 1.82 bits per heavy atom. The lowest BCUT2D eigenvalue weighted by molar-refractivity contribution is -0.154. The Balaban J connectivity index is 1.59. The number of hydrogen-bond donors (Lipinski definition) is 1. The van der Waals surface area contributed by atoms with Crippen LogP contribution in [0.25, 0.3) is 0 Å². The summed E-state index contributed by atoms with van der Waals surface area (Å²) in [7, 11) is 0. The standard InChI is InChI=1S/C31H40N2O5S/c1-21-12-13-22(2)23(20-21)32-17-11-15-31-24(25-29(37)38-19-10-6-7-14-30(25,3)39-31)27(35)33(26(31)28(32)36)16-8-4-5-9-18-34/h7,11-15,20,24-26,34H,4-6,8-10,16-19H2,1-3H3/b14-7-/t24-,25+,26?,30-,31-/m0/s1. The molecular weight excluding hydrogens is 512 g/mol. The number of benzene rings is 1. The molecule has 2 saturated heterocycles. The summed E-state index contributed by atoms with van der Waals surface area (Å²) in [6.45, 7) is 7.38. The maximum atomic E-state index is 14.6. The van der Waals surface area contributed by atoms with Crippen molar-refractivity contribution >= 4 is 35.2 Å². The zero-order chi connectivity index (χ0) is 27.8. The smallest absolute Gasteiger partial charge is 0.311 e. The molecule has 1 unspecified atom stereocenters. The van der Waals surface area contributed by atoms with Crippen molar-refractivity contribution < 1.29 is 24.2 Å². The third-order valence-electron chi connectivity index (χ3n) is 8.71. The Kier molecular flexibility index (Phi) is 7.98. The second-order valence-electron chi connectivity index (χ2n) is 11.5. The summed E-state index contributed by atoms with van der Waals surface area (Å²) in [5.41, 5.74) is 2.93. The highest BCUT2D eigenvalue weighted by Gasteiger charge is 2.73. The van der Waals surface area contributed by atoms with Crippen LogP contribution in [-0.2, 0) is 19.1 Å². The third kappa shape index (κ3) is 4.84. The molecule has 2 amide bonds. The first-order chi connectivity index (χ1) is 18.7. The molecule has 5 atom stereocenters. The molecule has 0 aliphatic carbocycles. The molecule has 0 radical (unpaired) electrons. The van der Waals surface area contributed by atoms with E-state index in [1.165, 1.54) is 0 Å². The highest BCUT2D eigenvalue weighted by atomic mass is 32.2. The van der Waals surface area contributed by atoms with Crippen LogP contribution in [0, 0.1) is 25.7 Å². The van der Waals surface area contributed by atoms with Crippen LogP contribution in [0.15, 0.2) is 42.5 Å². The average Bonchev–Trinajstić information content (AvgIpc) is 3.24. The largest absolute Gasteiger partial charge is 0.465 e. The van der Waals surface area contributed by atoms with Gasteiger partial charge in [0, 0.05) is 30.1 Å². The molecule has 7 nitrogen and oxygen atoms in total. The topological polar surface area (TPSA) is 87.2 Å². The minimum absolute atomic E-state index is 0.0974. The number of cyclic esters (lactones) is 1. The Labute approximate surface area is 235 Å². The summed E-state index contributed by atoms with van der Waals surface area (Å²) in [6.07, 6.45) is 13.0. The lowest BCUT2D eigenvalue weighted by atomic mass is 9.74. The van der Waals surface area contributed by atoms with Crippen LogP contribution in [0.1, 0.15) is 56.6 Å². The van der Waals surface area contributed by atoms with Crippen molar-refractivity contribution in [2.24, 2.45) is 11.8 Å². The molecule has 1 N–H and O–H groups in total. The summed E-state index contributed by atoms with van der Waals surface area (Å²) < 4.78 is 4.18. The monoisotopic (exact) mass is 552 g/mol. The van der Waals surface area contributed by atoms with Gasteiger partial charge in [-0.25, -0.2) is 0 Å². The number of aliphatic hydroxyl groups is 1. The van der Waals surface area contributed by atoms with Crippen LogP contribution in [0.4, 0.5) is 5.69 Å². The van der Waals surface area contributed by atoms with E-state index in [0.717, 1.165) is 55.3 Å². The number of hydrogen-bond acceptors (Lipinski definition) is 6. The number of rotatable bonds is 7. The molecule has 2 fully saturated rings. The molecule has 4 aliphatic rings. The van der Waals surface area contributed by atoms with Gasteiger partial charge in [-0.2, -0.15) is 0 Å². The minimum Gasteiger partial charge on any atom is -0.465 e. The van der Waals surface area contributed by atoms with E-state index in [2.05, 4.69) is 18.2 Å². The maximum absolute atomic E-state index is 14.6. The van der Waals surface area contributed by atoms with Gasteiger partial charge in [-0.15, -0.1) is 11.8 Å². The number of allylic oxidation sites excluding steroid dienone is 1. The molecule has 210 valence electrons. The van der Waals surface area contributed by atoms with Crippen LogP contribution < -0.4 is 4.90 Å². The third-order valence-corrected chi connectivity index (χ3v) is 10.5. The van der Waals surface area contributed by atoms with E-state index < -0.39 is 27.4 Å². The number of unbranched alkanes of at least 4 members (excludes halogenated alkanes) is 3. The van der Waals surface area contributed by atoms with Gasteiger partial charge in [-0.1, -0.05) is 49.3 Å². The van der Waals surface area contributed by atoms with Crippen LogP contribution in [-0.4, -0.2) is 69.6 Å². The summed E-state index contributed by atoms with van der Waals surface area (Å²) in [5.74, 6) is -1.92. The SMILES string of the molecule is Cc1ccc(C)c(N2CC=C[C@]34S[C@@]5(C)/C=C\CCCOC(=O)[C@H]5[C@H]3C(=O)N(CCCCCCO)C4C2=O)c1. The van der Waals surface area contributed by atoms with Gasteiger partial charge < -0.3 is 19.6 Å². The number of amides is 2. The lowest BCUT2D eigenvalue weighted by Gasteiger charge is -2.37. The summed E-state index contributed by atoms with van der Waals surface area (Å²) in [5, 5.41) is 9.17. The van der Waals surface area contributed by atoms with E-state index in [-0.39, 0.29) is 24.4 Å². The summed E-state index contributed by atoms with van der Waals surface area (Å²) in [6, 6.07) is 5.38. The minimum atomic E-state index is -0.867. The number of ether oxygens (including phenoxy) is 1. The molecule has 0 bridgehead atoms. The fourth-order valence-corrected chi connectivity index (χ4v) is 9.00. The van der Waals surface area contributed by atoms with Gasteiger partial charge in [0.2, 0.25) is 5.91 Å². The molecule has 4 heterocycles. The molecule has 0 aromatic heterocycles. The van der Waals surface area contributed by atoms with Crippen molar-refractivity contribution in [1.82, 2.24) is 4.90 Å². The molecule has 1 aromatic carbocycles. The van der Waals surface area contributed by atoms with Crippen molar-refractivity contribution in [2.75, 3.05) is 31.2 Å². The first-order valence-electron chi connectivity index (χ1n) is 14.3. The number of nitrogens with zero attached hydrogens (tertiary/aromatic N) is 2. The number of likely N-dealkylation sites (tertiary alicyclic amines) is 1. The zero-order valence-electron chi connectivity index (χ0n) is 23.2. The number of fused-ring (bicyclic) bond motifs is 2. The van der Waals surface area contributed by atoms with E-state index in [1.54, 1.807) is 16.7 Å². The van der Waals surface area contributed by atoms with Gasteiger partial charge in [0.1, 0.15) is 6.04 Å². The molecule has 8 heteroatoms. The first-order valence-corrected chi connectivity index (χ1v) is 15.1. The quantitative estimate of drug-likeness (QED) is 0.308. The van der Waals surface area contributed by atoms with E-state index in [0.29, 0.717) is 19.7 Å². The number of aliphatic hydroxyl groups excluding tert-OH is 1. The molecule has 5 rings (SSSR count). The number of carbonyl (C=O) groups is 3. The summed E-state index contributed by atoms with van der Waals surface area (Å²) in [4.78, 5) is 46.1. The molecule has 1 spiro atoms. The Morgan fingerprint density at radius 3 is 2.62 bits per heavy atom. The van der Waals surface area contributed by atoms with E-state index in [1.807, 2.05) is 49.9 Å². The van der Waals surface area contributed by atoms with E-state index in [4.69, 9.17) is 4.74 Å². The fraction of sp³-hybridized carbons (Fsp3) is 0.581. The molecule has 1 aromatic rings. The zero-order valence-corrected chi connectivity index (χ0v) is 24.0. The van der Waals surface area contributed by atoms with Crippen molar-refractivity contribution in [3.63, 3.8) is 0 Å². The predicted octanol–water partition coefficient (Wildman–Crippen LogP) is 4.34. The van der Waals surface area contributed by atoms with Crippen LogP contribution in [0.5, 0.6) is 0 Å². The van der Waals surface area contributed by atoms with Crippen molar-refractivity contribution in [2.45, 2.75) is 74.8 Å². The van der Waals surface area contributed by atoms with Gasteiger partial charge in [0.05, 0.1) is 23.2 Å². The van der Waals surface area contributed by atoms with Gasteiger partial charge in [0.15, 0.2) is 0 Å². The van der Waals surface area contributed by atoms with Gasteiger partial charge >= 0.3 is 5.97 Å².